The maximum atomic E-state index is 14.2. The summed E-state index contributed by atoms with van der Waals surface area (Å²) < 4.78 is 15.0. The molecule has 0 spiro atoms. The van der Waals surface area contributed by atoms with Gasteiger partial charge in [-0.15, -0.1) is 0 Å². The molecule has 1 aliphatic rings. The molecule has 0 aliphatic carbocycles. The topological polar surface area (TPSA) is 65.5 Å². The number of nitrogens with zero attached hydrogens (tertiary/aromatic N) is 3. The second-order valence-electron chi connectivity index (χ2n) is 7.00. The monoisotopic (exact) mass is 448 g/mol. The first-order valence-electron chi connectivity index (χ1n) is 9.03. The largest absolute Gasteiger partial charge is 0.375 e. The van der Waals surface area contributed by atoms with Crippen LogP contribution >= 0.6 is 15.9 Å². The van der Waals surface area contributed by atoms with Crippen molar-refractivity contribution in [3.63, 3.8) is 0 Å². The molecule has 1 saturated heterocycles. The number of rotatable bonds is 4. The maximum absolute atomic E-state index is 14.2. The molecule has 6 nitrogen and oxygen atoms in total. The predicted octanol–water partition coefficient (Wildman–Crippen LogP) is 3.54. The third-order valence-electron chi connectivity index (χ3n) is 4.73. The number of anilines is 2. The van der Waals surface area contributed by atoms with Gasteiger partial charge in [-0.2, -0.15) is 0 Å². The smallest absolute Gasteiger partial charge is 0.253 e. The molecule has 0 bridgehead atoms. The van der Waals surface area contributed by atoms with Gasteiger partial charge in [0.1, 0.15) is 11.6 Å². The average molecular weight is 449 g/mol. The first-order valence-corrected chi connectivity index (χ1v) is 9.83. The van der Waals surface area contributed by atoms with Gasteiger partial charge in [0.25, 0.3) is 5.91 Å². The van der Waals surface area contributed by atoms with E-state index in [2.05, 4.69) is 26.2 Å². The molecule has 28 heavy (non-hydrogen) atoms. The number of aromatic nitrogens is 1. The molecule has 0 saturated carbocycles. The van der Waals surface area contributed by atoms with Crippen molar-refractivity contribution in [2.75, 3.05) is 37.4 Å². The van der Waals surface area contributed by atoms with Gasteiger partial charge in [-0.05, 0) is 59.1 Å². The Morgan fingerprint density at radius 1 is 1.29 bits per heavy atom. The molecule has 1 aliphatic heterocycles. The zero-order chi connectivity index (χ0) is 20.3. The Kier molecular flexibility index (Phi) is 6.28. The zero-order valence-electron chi connectivity index (χ0n) is 15.8. The number of nitrogens with one attached hydrogen (secondary N) is 1. The normalized spacial score (nSPS) is 16.6. The van der Waals surface area contributed by atoms with Crippen LogP contribution in [0.1, 0.15) is 23.2 Å². The van der Waals surface area contributed by atoms with Crippen LogP contribution in [-0.2, 0) is 4.79 Å². The molecule has 1 aromatic carbocycles. The molecule has 3 rings (SSSR count). The van der Waals surface area contributed by atoms with Gasteiger partial charge in [-0.3, -0.25) is 9.59 Å². The van der Waals surface area contributed by atoms with Crippen LogP contribution in [0.15, 0.2) is 41.0 Å². The molecular formula is C20H22BrFN4O2. The molecule has 2 amide bonds. The second-order valence-corrected chi connectivity index (χ2v) is 7.92. The van der Waals surface area contributed by atoms with Gasteiger partial charge in [0, 0.05) is 43.4 Å². The van der Waals surface area contributed by atoms with Crippen molar-refractivity contribution >= 4 is 39.2 Å². The van der Waals surface area contributed by atoms with E-state index in [4.69, 9.17) is 0 Å². The first kappa shape index (κ1) is 20.3. The number of carbonyl (C=O) groups excluding carboxylic acids is 2. The standard InChI is InChI=1S/C20H22BrFN4O2/c1-25(2)17-7-5-13(10-16(17)22)20(28)26-9-3-4-14(12-26)19(27)24-18-8-6-15(21)11-23-18/h5-8,10-11,14H,3-4,9,12H2,1-2H3,(H,23,24,27). The number of amides is 2. The van der Waals surface area contributed by atoms with Crippen molar-refractivity contribution in [1.29, 1.82) is 0 Å². The summed E-state index contributed by atoms with van der Waals surface area (Å²) in [4.78, 5) is 32.8. The lowest BCUT2D eigenvalue weighted by atomic mass is 9.96. The summed E-state index contributed by atoms with van der Waals surface area (Å²) in [5, 5.41) is 2.79. The van der Waals surface area contributed by atoms with E-state index >= 15 is 0 Å². The molecule has 1 atom stereocenters. The summed E-state index contributed by atoms with van der Waals surface area (Å²) in [6.07, 6.45) is 3.02. The van der Waals surface area contributed by atoms with Crippen molar-refractivity contribution in [2.24, 2.45) is 5.92 Å². The van der Waals surface area contributed by atoms with E-state index in [9.17, 15) is 14.0 Å². The molecule has 1 fully saturated rings. The SMILES string of the molecule is CN(C)c1ccc(C(=O)N2CCCC(C(=O)Nc3ccc(Br)cn3)C2)cc1F. The average Bonchev–Trinajstić information content (AvgIpc) is 2.69. The van der Waals surface area contributed by atoms with Crippen LogP contribution in [0.25, 0.3) is 0 Å². The minimum Gasteiger partial charge on any atom is -0.375 e. The first-order chi connectivity index (χ1) is 13.3. The van der Waals surface area contributed by atoms with Crippen molar-refractivity contribution in [3.05, 3.63) is 52.4 Å². The van der Waals surface area contributed by atoms with Gasteiger partial charge in [0.15, 0.2) is 0 Å². The fourth-order valence-electron chi connectivity index (χ4n) is 3.24. The number of hydrogen-bond acceptors (Lipinski definition) is 4. The molecule has 148 valence electrons. The fraction of sp³-hybridized carbons (Fsp3) is 0.350. The molecule has 2 aromatic rings. The molecule has 1 aromatic heterocycles. The quantitative estimate of drug-likeness (QED) is 0.776. The van der Waals surface area contributed by atoms with Gasteiger partial charge < -0.3 is 15.1 Å². The molecule has 1 N–H and O–H groups in total. The lowest BCUT2D eigenvalue weighted by Gasteiger charge is -2.32. The summed E-state index contributed by atoms with van der Waals surface area (Å²) in [5.41, 5.74) is 0.716. The Balaban J connectivity index is 1.67. The minimum atomic E-state index is -0.441. The number of pyridine rings is 1. The highest BCUT2D eigenvalue weighted by Crippen LogP contribution is 2.23. The van der Waals surface area contributed by atoms with E-state index in [1.54, 1.807) is 54.4 Å². The molecule has 8 heteroatoms. The highest BCUT2D eigenvalue weighted by Gasteiger charge is 2.29. The van der Waals surface area contributed by atoms with Crippen LogP contribution in [0, 0.1) is 11.7 Å². The van der Waals surface area contributed by atoms with Crippen molar-refractivity contribution in [3.8, 4) is 0 Å². The Bertz CT molecular complexity index is 873. The van der Waals surface area contributed by atoms with Crippen LogP contribution in [-0.4, -0.2) is 48.9 Å². The van der Waals surface area contributed by atoms with Crippen LogP contribution in [0.5, 0.6) is 0 Å². The van der Waals surface area contributed by atoms with Crippen molar-refractivity contribution in [1.82, 2.24) is 9.88 Å². The molecule has 1 unspecified atom stereocenters. The predicted molar refractivity (Wildman–Crippen MR) is 110 cm³/mol. The number of benzene rings is 1. The lowest BCUT2D eigenvalue weighted by molar-refractivity contribution is -0.121. The van der Waals surface area contributed by atoms with E-state index < -0.39 is 5.82 Å². The Morgan fingerprint density at radius 2 is 2.07 bits per heavy atom. The van der Waals surface area contributed by atoms with Gasteiger partial charge in [-0.1, -0.05) is 0 Å². The summed E-state index contributed by atoms with van der Waals surface area (Å²) in [6.45, 7) is 0.856. The van der Waals surface area contributed by atoms with Crippen LogP contribution in [0.4, 0.5) is 15.9 Å². The second kappa shape index (κ2) is 8.68. The van der Waals surface area contributed by atoms with Crippen molar-refractivity contribution < 1.29 is 14.0 Å². The lowest BCUT2D eigenvalue weighted by Crippen LogP contribution is -2.43. The maximum Gasteiger partial charge on any atom is 0.253 e. The number of carbonyl (C=O) groups is 2. The summed E-state index contributed by atoms with van der Waals surface area (Å²) >= 11 is 3.30. The third kappa shape index (κ3) is 4.67. The third-order valence-corrected chi connectivity index (χ3v) is 5.20. The van der Waals surface area contributed by atoms with Crippen LogP contribution in [0.3, 0.4) is 0 Å². The minimum absolute atomic E-state index is 0.165. The summed E-state index contributed by atoms with van der Waals surface area (Å²) in [5.74, 6) is -0.722. The van der Waals surface area contributed by atoms with Gasteiger partial charge in [0.05, 0.1) is 11.6 Å². The number of hydrogen-bond donors (Lipinski definition) is 1. The number of halogens is 2. The van der Waals surface area contributed by atoms with E-state index in [0.29, 0.717) is 36.6 Å². The highest BCUT2D eigenvalue weighted by molar-refractivity contribution is 9.10. The van der Waals surface area contributed by atoms with E-state index in [1.807, 2.05) is 0 Å². The zero-order valence-corrected chi connectivity index (χ0v) is 17.4. The van der Waals surface area contributed by atoms with Gasteiger partial charge >= 0.3 is 0 Å². The van der Waals surface area contributed by atoms with Crippen LogP contribution < -0.4 is 10.2 Å². The van der Waals surface area contributed by atoms with E-state index in [-0.39, 0.29) is 17.7 Å². The Labute approximate surface area is 171 Å². The van der Waals surface area contributed by atoms with Gasteiger partial charge in [-0.25, -0.2) is 9.37 Å². The van der Waals surface area contributed by atoms with Gasteiger partial charge in [0.2, 0.25) is 5.91 Å². The van der Waals surface area contributed by atoms with Crippen molar-refractivity contribution in [2.45, 2.75) is 12.8 Å². The Morgan fingerprint density at radius 3 is 2.71 bits per heavy atom. The molecule has 2 heterocycles. The highest BCUT2D eigenvalue weighted by atomic mass is 79.9. The molecular weight excluding hydrogens is 427 g/mol. The summed E-state index contributed by atoms with van der Waals surface area (Å²) in [6, 6.07) is 7.98. The van der Waals surface area contributed by atoms with Crippen LogP contribution in [0.2, 0.25) is 0 Å². The number of piperidine rings is 1. The molecule has 0 radical (unpaired) electrons. The Hall–Kier alpha value is -2.48. The summed E-state index contributed by atoms with van der Waals surface area (Å²) in [7, 11) is 3.49. The van der Waals surface area contributed by atoms with E-state index in [0.717, 1.165) is 10.9 Å². The number of likely N-dealkylation sites (tertiary alicyclic amines) is 1. The fourth-order valence-corrected chi connectivity index (χ4v) is 3.47. The van der Waals surface area contributed by atoms with E-state index in [1.165, 1.54) is 6.07 Å².